The number of likely N-dealkylation sites (tertiary alicyclic amines) is 1. The van der Waals surface area contributed by atoms with Crippen molar-refractivity contribution < 1.29 is 4.79 Å². The van der Waals surface area contributed by atoms with Crippen molar-refractivity contribution in [2.24, 2.45) is 0 Å². The fourth-order valence-electron chi connectivity index (χ4n) is 4.17. The molecule has 0 saturated carbocycles. The van der Waals surface area contributed by atoms with Crippen LogP contribution in [0.4, 0.5) is 0 Å². The molecule has 2 heterocycles. The van der Waals surface area contributed by atoms with Crippen LogP contribution in [-0.4, -0.2) is 57.5 Å². The number of benzene rings is 2. The lowest BCUT2D eigenvalue weighted by Crippen LogP contribution is -2.37. The summed E-state index contributed by atoms with van der Waals surface area (Å²) in [5, 5.41) is 13.8. The van der Waals surface area contributed by atoms with E-state index in [0.29, 0.717) is 16.5 Å². The van der Waals surface area contributed by atoms with Gasteiger partial charge in [-0.3, -0.25) is 9.36 Å². The van der Waals surface area contributed by atoms with Gasteiger partial charge >= 0.3 is 0 Å². The maximum Gasteiger partial charge on any atom is 0.220 e. The molecule has 1 amide bonds. The predicted octanol–water partition coefficient (Wildman–Crippen LogP) is 6.11. The summed E-state index contributed by atoms with van der Waals surface area (Å²) in [5.74, 6) is 1.73. The highest BCUT2D eigenvalue weighted by atomic mass is 35.5. The van der Waals surface area contributed by atoms with Crippen LogP contribution >= 0.6 is 35.0 Å². The average molecular weight is 533 g/mol. The van der Waals surface area contributed by atoms with E-state index >= 15 is 0 Å². The number of hydrogen-bond acceptors (Lipinski definition) is 5. The maximum atomic E-state index is 12.2. The molecule has 1 aliphatic heterocycles. The number of nitrogens with zero attached hydrogens (tertiary/aromatic N) is 4. The summed E-state index contributed by atoms with van der Waals surface area (Å²) < 4.78 is 2.01. The Labute approximate surface area is 221 Å². The number of carbonyl (C=O) groups is 1. The number of thioether (sulfide) groups is 1. The van der Waals surface area contributed by atoms with Gasteiger partial charge in [0.2, 0.25) is 5.91 Å². The van der Waals surface area contributed by atoms with Gasteiger partial charge in [-0.25, -0.2) is 0 Å². The fraction of sp³-hybridized carbons (Fsp3) is 0.423. The van der Waals surface area contributed by atoms with Crippen LogP contribution in [-0.2, 0) is 4.79 Å². The van der Waals surface area contributed by atoms with Crippen LogP contribution in [0.5, 0.6) is 0 Å². The predicted molar refractivity (Wildman–Crippen MR) is 145 cm³/mol. The first-order chi connectivity index (χ1) is 17.1. The first-order valence-electron chi connectivity index (χ1n) is 12.2. The monoisotopic (exact) mass is 531 g/mol. The molecule has 0 unspecified atom stereocenters. The SMILES string of the molecule is O=C(CCCCSc1nnc(-c2ccccc2)n1-c1ccc(Cl)c(Cl)c1)NCCN1CCCCC1. The van der Waals surface area contributed by atoms with Gasteiger partial charge in [-0.15, -0.1) is 10.2 Å². The second-order valence-corrected chi connectivity index (χ2v) is 10.5. The molecule has 2 aromatic carbocycles. The molecule has 3 aromatic rings. The molecule has 35 heavy (non-hydrogen) atoms. The quantitative estimate of drug-likeness (QED) is 0.239. The minimum atomic E-state index is 0.136. The zero-order valence-electron chi connectivity index (χ0n) is 19.8. The molecule has 0 atom stereocenters. The highest BCUT2D eigenvalue weighted by Crippen LogP contribution is 2.31. The largest absolute Gasteiger partial charge is 0.355 e. The third kappa shape index (κ3) is 7.46. The minimum absolute atomic E-state index is 0.136. The van der Waals surface area contributed by atoms with E-state index in [0.717, 1.165) is 67.0 Å². The molecule has 0 aliphatic carbocycles. The molecule has 0 radical (unpaired) electrons. The topological polar surface area (TPSA) is 63.1 Å². The van der Waals surface area contributed by atoms with Gasteiger partial charge in [-0.2, -0.15) is 0 Å². The highest BCUT2D eigenvalue weighted by Gasteiger charge is 2.17. The third-order valence-corrected chi connectivity index (χ3v) is 7.81. The van der Waals surface area contributed by atoms with Gasteiger partial charge in [-0.1, -0.05) is 71.7 Å². The Hall–Kier alpha value is -2.06. The van der Waals surface area contributed by atoms with Gasteiger partial charge in [-0.05, 0) is 57.0 Å². The Morgan fingerprint density at radius 1 is 0.971 bits per heavy atom. The molecule has 0 spiro atoms. The van der Waals surface area contributed by atoms with Gasteiger partial charge < -0.3 is 10.2 Å². The molecule has 4 rings (SSSR count). The number of amides is 1. The molecule has 1 aromatic heterocycles. The first-order valence-corrected chi connectivity index (χ1v) is 13.9. The maximum absolute atomic E-state index is 12.2. The molecule has 0 bridgehead atoms. The van der Waals surface area contributed by atoms with Crippen molar-refractivity contribution in [2.75, 3.05) is 31.9 Å². The molecule has 186 valence electrons. The summed E-state index contributed by atoms with van der Waals surface area (Å²) in [6.07, 6.45) is 6.19. The van der Waals surface area contributed by atoms with E-state index in [1.54, 1.807) is 17.8 Å². The number of hydrogen-bond donors (Lipinski definition) is 1. The molecule has 9 heteroatoms. The van der Waals surface area contributed by atoms with Gasteiger partial charge in [0.05, 0.1) is 15.7 Å². The van der Waals surface area contributed by atoms with E-state index in [4.69, 9.17) is 23.2 Å². The number of aromatic nitrogens is 3. The lowest BCUT2D eigenvalue weighted by atomic mass is 10.1. The number of nitrogens with one attached hydrogen (secondary N) is 1. The average Bonchev–Trinajstić information content (AvgIpc) is 3.30. The van der Waals surface area contributed by atoms with Crippen molar-refractivity contribution in [3.8, 4) is 17.1 Å². The molecule has 1 N–H and O–H groups in total. The number of rotatable bonds is 11. The van der Waals surface area contributed by atoms with Crippen molar-refractivity contribution in [3.05, 3.63) is 58.6 Å². The molecule has 6 nitrogen and oxygen atoms in total. The number of carbonyl (C=O) groups excluding carboxylic acids is 1. The van der Waals surface area contributed by atoms with Gasteiger partial charge in [0.15, 0.2) is 11.0 Å². The number of unbranched alkanes of at least 4 members (excludes halogenated alkanes) is 1. The van der Waals surface area contributed by atoms with Crippen LogP contribution in [0.25, 0.3) is 17.1 Å². The van der Waals surface area contributed by atoms with Crippen LogP contribution in [0.3, 0.4) is 0 Å². The molecule has 1 saturated heterocycles. The van der Waals surface area contributed by atoms with Crippen molar-refractivity contribution in [1.82, 2.24) is 25.0 Å². The number of piperidine rings is 1. The van der Waals surface area contributed by atoms with Crippen LogP contribution in [0.15, 0.2) is 53.7 Å². The van der Waals surface area contributed by atoms with E-state index < -0.39 is 0 Å². The lowest BCUT2D eigenvalue weighted by Gasteiger charge is -2.26. The van der Waals surface area contributed by atoms with Crippen molar-refractivity contribution >= 4 is 40.9 Å². The van der Waals surface area contributed by atoms with Crippen LogP contribution < -0.4 is 5.32 Å². The van der Waals surface area contributed by atoms with Crippen molar-refractivity contribution in [3.63, 3.8) is 0 Å². The Bertz CT molecular complexity index is 1100. The fourth-order valence-corrected chi connectivity index (χ4v) is 5.41. The van der Waals surface area contributed by atoms with Gasteiger partial charge in [0.25, 0.3) is 0 Å². The third-order valence-electron chi connectivity index (χ3n) is 6.05. The Morgan fingerprint density at radius 2 is 1.77 bits per heavy atom. The van der Waals surface area contributed by atoms with Crippen molar-refractivity contribution in [2.45, 2.75) is 43.7 Å². The summed E-state index contributed by atoms with van der Waals surface area (Å²) in [6.45, 7) is 4.01. The second kappa shape index (κ2) is 13.3. The Kier molecular flexibility index (Phi) is 9.89. The van der Waals surface area contributed by atoms with Gasteiger partial charge in [0.1, 0.15) is 0 Å². The second-order valence-electron chi connectivity index (χ2n) is 8.66. The summed E-state index contributed by atoms with van der Waals surface area (Å²) in [5.41, 5.74) is 1.83. The summed E-state index contributed by atoms with van der Waals surface area (Å²) in [6, 6.07) is 15.5. The van der Waals surface area contributed by atoms with E-state index in [1.807, 2.05) is 47.0 Å². The molecular weight excluding hydrogens is 501 g/mol. The lowest BCUT2D eigenvalue weighted by molar-refractivity contribution is -0.121. The normalized spacial score (nSPS) is 14.2. The highest BCUT2D eigenvalue weighted by molar-refractivity contribution is 7.99. The number of halogens is 2. The van der Waals surface area contributed by atoms with E-state index in [1.165, 1.54) is 19.3 Å². The Morgan fingerprint density at radius 3 is 2.54 bits per heavy atom. The Balaban J connectivity index is 1.30. The zero-order chi connectivity index (χ0) is 24.5. The van der Waals surface area contributed by atoms with Crippen LogP contribution in [0.1, 0.15) is 38.5 Å². The summed E-state index contributed by atoms with van der Waals surface area (Å²) in [7, 11) is 0. The first kappa shape index (κ1) is 26.0. The van der Waals surface area contributed by atoms with Crippen molar-refractivity contribution in [1.29, 1.82) is 0 Å². The van der Waals surface area contributed by atoms with Crippen LogP contribution in [0.2, 0.25) is 10.0 Å². The molecule has 1 aliphatic rings. The zero-order valence-corrected chi connectivity index (χ0v) is 22.1. The standard InChI is InChI=1S/C26H31Cl2N5OS/c27-22-13-12-21(19-23(22)28)33-25(20-9-3-1-4-10-20)30-31-26(33)35-18-8-5-11-24(34)29-14-17-32-15-6-2-7-16-32/h1,3-4,9-10,12-13,19H,2,5-8,11,14-18H2,(H,29,34). The summed E-state index contributed by atoms with van der Waals surface area (Å²) in [4.78, 5) is 14.6. The minimum Gasteiger partial charge on any atom is -0.355 e. The van der Waals surface area contributed by atoms with E-state index in [-0.39, 0.29) is 5.91 Å². The molecular formula is C26H31Cl2N5OS. The smallest absolute Gasteiger partial charge is 0.220 e. The van der Waals surface area contributed by atoms with E-state index in [9.17, 15) is 4.79 Å². The summed E-state index contributed by atoms with van der Waals surface area (Å²) >= 11 is 14.1. The molecule has 1 fully saturated rings. The van der Waals surface area contributed by atoms with Crippen LogP contribution in [0, 0.1) is 0 Å². The van der Waals surface area contributed by atoms with E-state index in [2.05, 4.69) is 20.4 Å². The van der Waals surface area contributed by atoms with Gasteiger partial charge in [0, 0.05) is 30.8 Å².